The molecule has 0 aromatic carbocycles. The minimum atomic E-state index is -1.15. The Morgan fingerprint density at radius 3 is 2.36 bits per heavy atom. The quantitative estimate of drug-likeness (QED) is 0.277. The Bertz CT molecular complexity index is 575. The maximum atomic E-state index is 12.5. The zero-order chi connectivity index (χ0) is 19.0. The van der Waals surface area contributed by atoms with E-state index in [2.05, 4.69) is 20.6 Å². The molecule has 0 spiro atoms. The van der Waals surface area contributed by atoms with Crippen molar-refractivity contribution in [2.75, 3.05) is 6.61 Å². The summed E-state index contributed by atoms with van der Waals surface area (Å²) in [5, 5.41) is 14.0. The first kappa shape index (κ1) is 20.6. The van der Waals surface area contributed by atoms with Crippen LogP contribution in [0.15, 0.2) is 12.5 Å². The van der Waals surface area contributed by atoms with Crippen molar-refractivity contribution >= 4 is 17.7 Å². The maximum absolute atomic E-state index is 12.5. The molecule has 0 aliphatic carbocycles. The molecule has 0 fully saturated rings. The highest BCUT2D eigenvalue weighted by molar-refractivity contribution is 5.92. The van der Waals surface area contributed by atoms with Gasteiger partial charge in [0.2, 0.25) is 17.7 Å². The zero-order valence-corrected chi connectivity index (χ0v) is 14.4. The smallest absolute Gasteiger partial charge is 0.243 e. The zero-order valence-electron chi connectivity index (χ0n) is 14.4. The number of hydrogen-bond donors (Lipinski definition) is 6. The molecule has 0 aliphatic heterocycles. The van der Waals surface area contributed by atoms with Gasteiger partial charge in [-0.1, -0.05) is 13.8 Å². The third kappa shape index (κ3) is 6.89. The van der Waals surface area contributed by atoms with Gasteiger partial charge in [-0.25, -0.2) is 4.98 Å². The van der Waals surface area contributed by atoms with Crippen LogP contribution in [0.2, 0.25) is 0 Å². The molecule has 8 N–H and O–H groups in total. The summed E-state index contributed by atoms with van der Waals surface area (Å²) in [4.78, 5) is 42.7. The van der Waals surface area contributed by atoms with Crippen molar-refractivity contribution in [3.05, 3.63) is 18.2 Å². The third-order valence-corrected chi connectivity index (χ3v) is 3.51. The highest BCUT2D eigenvalue weighted by Gasteiger charge is 2.28. The molecule has 1 aromatic rings. The van der Waals surface area contributed by atoms with Crippen LogP contribution in [0.1, 0.15) is 26.0 Å². The van der Waals surface area contributed by atoms with Crippen LogP contribution in [0, 0.1) is 5.92 Å². The molecule has 1 rings (SSSR count). The van der Waals surface area contributed by atoms with E-state index >= 15 is 0 Å². The molecule has 0 bridgehead atoms. The van der Waals surface area contributed by atoms with Crippen molar-refractivity contribution < 1.29 is 19.5 Å². The van der Waals surface area contributed by atoms with E-state index in [0.29, 0.717) is 12.1 Å². The van der Waals surface area contributed by atoms with Gasteiger partial charge in [0, 0.05) is 18.3 Å². The van der Waals surface area contributed by atoms with Crippen molar-refractivity contribution in [2.45, 2.75) is 44.8 Å². The minimum Gasteiger partial charge on any atom is -0.394 e. The number of H-pyrrole nitrogens is 1. The largest absolute Gasteiger partial charge is 0.394 e. The Kier molecular flexibility index (Phi) is 8.02. The summed E-state index contributed by atoms with van der Waals surface area (Å²) >= 11 is 0. The number of primary amides is 1. The molecule has 0 saturated heterocycles. The van der Waals surface area contributed by atoms with Crippen molar-refractivity contribution in [1.29, 1.82) is 0 Å². The molecule has 3 amide bonds. The molecular formula is C15H26N6O4. The number of nitrogens with one attached hydrogen (secondary N) is 3. The maximum Gasteiger partial charge on any atom is 0.243 e. The lowest BCUT2D eigenvalue weighted by Gasteiger charge is -2.23. The number of hydrogen-bond acceptors (Lipinski definition) is 6. The molecule has 10 heteroatoms. The third-order valence-electron chi connectivity index (χ3n) is 3.51. The van der Waals surface area contributed by atoms with E-state index in [4.69, 9.17) is 16.6 Å². The molecule has 10 nitrogen and oxygen atoms in total. The first-order valence-corrected chi connectivity index (χ1v) is 7.98. The number of aliphatic hydroxyl groups excluding tert-OH is 1. The number of nitrogens with two attached hydrogens (primary N) is 2. The van der Waals surface area contributed by atoms with Crippen LogP contribution in [-0.2, 0) is 20.8 Å². The van der Waals surface area contributed by atoms with Crippen molar-refractivity contribution in [2.24, 2.45) is 17.4 Å². The predicted molar refractivity (Wildman–Crippen MR) is 89.9 cm³/mol. The second-order valence-corrected chi connectivity index (χ2v) is 6.22. The highest BCUT2D eigenvalue weighted by Crippen LogP contribution is 2.06. The van der Waals surface area contributed by atoms with E-state index in [-0.39, 0.29) is 12.3 Å². The van der Waals surface area contributed by atoms with Gasteiger partial charge >= 0.3 is 0 Å². The second-order valence-electron chi connectivity index (χ2n) is 6.22. The number of rotatable bonds is 10. The standard InChI is InChI=1S/C15H26N6O4/c1-8(2)3-11(13(17)23)20-15(25)12(4-9-5-18-7-19-9)21-14(24)10(16)6-22/h5,7-8,10-12,22H,3-4,6,16H2,1-2H3,(H2,17,23)(H,18,19)(H,20,25)(H,21,24)/t10-,11-,12-/m0/s1. The SMILES string of the molecule is CC(C)C[C@H](NC(=O)[C@H](Cc1cnc[nH]1)NC(=O)[C@@H](N)CO)C(N)=O. The van der Waals surface area contributed by atoms with E-state index in [1.807, 2.05) is 13.8 Å². The molecule has 3 atom stereocenters. The van der Waals surface area contributed by atoms with Gasteiger partial charge in [0.05, 0.1) is 12.9 Å². The number of aromatic nitrogens is 2. The van der Waals surface area contributed by atoms with Crippen LogP contribution >= 0.6 is 0 Å². The number of aromatic amines is 1. The van der Waals surface area contributed by atoms with E-state index in [0.717, 1.165) is 0 Å². The van der Waals surface area contributed by atoms with Gasteiger partial charge in [0.15, 0.2) is 0 Å². The molecule has 0 radical (unpaired) electrons. The highest BCUT2D eigenvalue weighted by atomic mass is 16.3. The summed E-state index contributed by atoms with van der Waals surface area (Å²) in [6, 6.07) is -3.00. The summed E-state index contributed by atoms with van der Waals surface area (Å²) in [5.41, 5.74) is 11.4. The van der Waals surface area contributed by atoms with Crippen molar-refractivity contribution in [1.82, 2.24) is 20.6 Å². The molecular weight excluding hydrogens is 328 g/mol. The van der Waals surface area contributed by atoms with E-state index < -0.39 is 42.5 Å². The summed E-state index contributed by atoms with van der Waals surface area (Å²) in [5.74, 6) is -1.76. The van der Waals surface area contributed by atoms with Crippen molar-refractivity contribution in [3.63, 3.8) is 0 Å². The normalized spacial score (nSPS) is 14.6. The average Bonchev–Trinajstić information content (AvgIpc) is 3.05. The van der Waals surface area contributed by atoms with Gasteiger partial charge in [-0.15, -0.1) is 0 Å². The number of imidazole rings is 1. The summed E-state index contributed by atoms with van der Waals surface area (Å²) in [6.45, 7) is 3.24. The Morgan fingerprint density at radius 1 is 1.24 bits per heavy atom. The van der Waals surface area contributed by atoms with Gasteiger partial charge in [-0.2, -0.15) is 0 Å². The first-order valence-electron chi connectivity index (χ1n) is 7.98. The fourth-order valence-corrected chi connectivity index (χ4v) is 2.18. The minimum absolute atomic E-state index is 0.114. The number of aliphatic hydroxyl groups is 1. The van der Waals surface area contributed by atoms with Gasteiger partial charge in [-0.3, -0.25) is 14.4 Å². The van der Waals surface area contributed by atoms with E-state index in [1.54, 1.807) is 0 Å². The monoisotopic (exact) mass is 354 g/mol. The Morgan fingerprint density at radius 2 is 1.88 bits per heavy atom. The summed E-state index contributed by atoms with van der Waals surface area (Å²) < 4.78 is 0. The Balaban J connectivity index is 2.86. The number of carbonyl (C=O) groups is 3. The van der Waals surface area contributed by atoms with Crippen LogP contribution in [0.5, 0.6) is 0 Å². The van der Waals surface area contributed by atoms with Crippen LogP contribution < -0.4 is 22.1 Å². The van der Waals surface area contributed by atoms with Crippen LogP contribution in [-0.4, -0.2) is 57.5 Å². The second kappa shape index (κ2) is 9.74. The fourth-order valence-electron chi connectivity index (χ4n) is 2.18. The Labute approximate surface area is 145 Å². The molecule has 0 unspecified atom stereocenters. The molecule has 1 heterocycles. The lowest BCUT2D eigenvalue weighted by molar-refractivity contribution is -0.132. The molecule has 0 saturated carbocycles. The van der Waals surface area contributed by atoms with Crippen LogP contribution in [0.4, 0.5) is 0 Å². The van der Waals surface area contributed by atoms with Crippen molar-refractivity contribution in [3.8, 4) is 0 Å². The Hall–Kier alpha value is -2.46. The fraction of sp³-hybridized carbons (Fsp3) is 0.600. The first-order chi connectivity index (χ1) is 11.7. The van der Waals surface area contributed by atoms with Gasteiger partial charge in [0.1, 0.15) is 18.1 Å². The van der Waals surface area contributed by atoms with Crippen LogP contribution in [0.3, 0.4) is 0 Å². The van der Waals surface area contributed by atoms with Gasteiger partial charge in [0.25, 0.3) is 0 Å². The predicted octanol–water partition coefficient (Wildman–Crippen LogP) is -2.23. The van der Waals surface area contributed by atoms with Gasteiger partial charge < -0.3 is 32.2 Å². The molecule has 140 valence electrons. The van der Waals surface area contributed by atoms with Gasteiger partial charge in [-0.05, 0) is 12.3 Å². The topological polar surface area (TPSA) is 176 Å². The average molecular weight is 354 g/mol. The number of nitrogens with zero attached hydrogens (tertiary/aromatic N) is 1. The van der Waals surface area contributed by atoms with E-state index in [9.17, 15) is 14.4 Å². The van der Waals surface area contributed by atoms with E-state index in [1.165, 1.54) is 12.5 Å². The number of carbonyl (C=O) groups excluding carboxylic acids is 3. The lowest BCUT2D eigenvalue weighted by atomic mass is 10.0. The number of amides is 3. The summed E-state index contributed by atoms with van der Waals surface area (Å²) in [6.07, 6.45) is 3.44. The molecule has 25 heavy (non-hydrogen) atoms. The molecule has 1 aromatic heterocycles. The lowest BCUT2D eigenvalue weighted by Crippen LogP contribution is -2.56. The summed E-state index contributed by atoms with van der Waals surface area (Å²) in [7, 11) is 0. The molecule has 0 aliphatic rings. The van der Waals surface area contributed by atoms with Crippen LogP contribution in [0.25, 0.3) is 0 Å².